The summed E-state index contributed by atoms with van der Waals surface area (Å²) >= 11 is 0. The first-order valence-corrected chi connectivity index (χ1v) is 10.6. The van der Waals surface area contributed by atoms with Crippen LogP contribution in [0.2, 0.25) is 0 Å². The first-order valence-electron chi connectivity index (χ1n) is 9.16. The number of anilines is 2. The molecule has 2 aromatic carbocycles. The number of benzene rings is 2. The first-order chi connectivity index (χ1) is 14.0. The molecule has 0 fully saturated rings. The summed E-state index contributed by atoms with van der Waals surface area (Å²) in [6.45, 7) is 3.56. The van der Waals surface area contributed by atoms with Gasteiger partial charge in [-0.15, -0.1) is 0 Å². The van der Waals surface area contributed by atoms with Crippen LogP contribution in [0.3, 0.4) is 0 Å². The number of fused-ring (bicyclic) bond motifs is 1. The predicted molar refractivity (Wildman–Crippen MR) is 114 cm³/mol. The second-order valence-electron chi connectivity index (χ2n) is 7.58. The van der Waals surface area contributed by atoms with Gasteiger partial charge in [-0.3, -0.25) is 18.9 Å². The average molecular weight is 431 g/mol. The Bertz CT molecular complexity index is 1230. The third-order valence-corrected chi connectivity index (χ3v) is 6.01. The number of alkyl halides is 1. The van der Waals surface area contributed by atoms with Gasteiger partial charge in [-0.25, -0.2) is 12.8 Å². The van der Waals surface area contributed by atoms with Crippen molar-refractivity contribution in [2.75, 3.05) is 16.7 Å². The Labute approximate surface area is 173 Å². The molecule has 0 saturated carbocycles. The number of rotatable bonds is 6. The molecule has 0 atom stereocenters. The van der Waals surface area contributed by atoms with Crippen molar-refractivity contribution in [2.24, 2.45) is 5.41 Å². The second kappa shape index (κ2) is 7.91. The Morgan fingerprint density at radius 2 is 1.77 bits per heavy atom. The van der Waals surface area contributed by atoms with Crippen LogP contribution in [0.1, 0.15) is 25.6 Å². The predicted octanol–water partition coefficient (Wildman–Crippen LogP) is 4.04. The van der Waals surface area contributed by atoms with E-state index >= 15 is 0 Å². The summed E-state index contributed by atoms with van der Waals surface area (Å²) in [6.07, 6.45) is 1.59. The molecule has 7 nitrogen and oxygen atoms in total. The number of nitrogens with zero attached hydrogens (tertiary/aromatic N) is 1. The molecular weight excluding hydrogens is 409 g/mol. The number of aromatic nitrogens is 1. The van der Waals surface area contributed by atoms with Crippen molar-refractivity contribution in [3.05, 3.63) is 54.7 Å². The van der Waals surface area contributed by atoms with Crippen LogP contribution in [-0.2, 0) is 14.8 Å². The van der Waals surface area contributed by atoms with Gasteiger partial charge in [0.2, 0.25) is 11.8 Å². The first kappa shape index (κ1) is 21.5. The molecule has 158 valence electrons. The van der Waals surface area contributed by atoms with E-state index in [-0.39, 0.29) is 16.5 Å². The number of amides is 1. The number of nitrogens with one attached hydrogen (secondary N) is 2. The van der Waals surface area contributed by atoms with E-state index in [0.717, 1.165) is 0 Å². The fourth-order valence-corrected chi connectivity index (χ4v) is 3.88. The Morgan fingerprint density at radius 3 is 2.43 bits per heavy atom. The topological polar surface area (TPSA) is 97.3 Å². The van der Waals surface area contributed by atoms with Gasteiger partial charge >= 0.3 is 0 Å². The summed E-state index contributed by atoms with van der Waals surface area (Å²) in [5.74, 6) is -0.682. The van der Waals surface area contributed by atoms with Crippen LogP contribution in [0.25, 0.3) is 10.9 Å². The van der Waals surface area contributed by atoms with E-state index in [2.05, 4.69) is 10.0 Å². The fourth-order valence-electron chi connectivity index (χ4n) is 2.80. The van der Waals surface area contributed by atoms with Crippen LogP contribution in [0.5, 0.6) is 0 Å². The molecule has 0 saturated heterocycles. The maximum atomic E-state index is 13.0. The molecule has 3 aromatic rings. The summed E-state index contributed by atoms with van der Waals surface area (Å²) in [7, 11) is -3.91. The molecular formula is C21H22FN3O4S. The lowest BCUT2D eigenvalue weighted by Crippen LogP contribution is -2.32. The van der Waals surface area contributed by atoms with E-state index in [4.69, 9.17) is 0 Å². The van der Waals surface area contributed by atoms with Gasteiger partial charge in [-0.2, -0.15) is 0 Å². The molecule has 0 aliphatic carbocycles. The van der Waals surface area contributed by atoms with E-state index in [1.54, 1.807) is 30.5 Å². The highest BCUT2D eigenvalue weighted by Gasteiger charge is 2.27. The van der Waals surface area contributed by atoms with Crippen molar-refractivity contribution in [1.29, 1.82) is 0 Å². The number of carbonyl (C=O) groups is 2. The maximum absolute atomic E-state index is 13.0. The van der Waals surface area contributed by atoms with Gasteiger partial charge in [0.1, 0.15) is 6.67 Å². The van der Waals surface area contributed by atoms with Crippen molar-refractivity contribution >= 4 is 44.1 Å². The summed E-state index contributed by atoms with van der Waals surface area (Å²) < 4.78 is 42.5. The molecule has 0 bridgehead atoms. The minimum Gasteiger partial charge on any atom is -0.325 e. The third-order valence-electron chi connectivity index (χ3n) is 4.63. The van der Waals surface area contributed by atoms with Crippen molar-refractivity contribution < 1.29 is 22.4 Å². The van der Waals surface area contributed by atoms with Crippen LogP contribution in [-0.4, -0.2) is 31.5 Å². The molecule has 3 rings (SSSR count). The molecule has 0 radical (unpaired) electrons. The van der Waals surface area contributed by atoms with Crippen LogP contribution in [0.15, 0.2) is 59.6 Å². The Kier molecular flexibility index (Phi) is 5.67. The van der Waals surface area contributed by atoms with Gasteiger partial charge in [-0.1, -0.05) is 6.07 Å². The summed E-state index contributed by atoms with van der Waals surface area (Å²) in [5, 5.41) is 3.20. The number of hydrogen-bond acceptors (Lipinski definition) is 4. The zero-order valence-corrected chi connectivity index (χ0v) is 17.6. The van der Waals surface area contributed by atoms with Crippen molar-refractivity contribution in [2.45, 2.75) is 25.7 Å². The largest absolute Gasteiger partial charge is 0.325 e. The maximum Gasteiger partial charge on any atom is 0.261 e. The smallest absolute Gasteiger partial charge is 0.261 e. The minimum absolute atomic E-state index is 0.0318. The van der Waals surface area contributed by atoms with Crippen molar-refractivity contribution in [3.63, 3.8) is 0 Å². The second-order valence-corrected chi connectivity index (χ2v) is 9.27. The van der Waals surface area contributed by atoms with Gasteiger partial charge in [0.05, 0.1) is 21.5 Å². The molecule has 1 aromatic heterocycles. The van der Waals surface area contributed by atoms with Crippen molar-refractivity contribution in [3.8, 4) is 0 Å². The Morgan fingerprint density at radius 1 is 1.07 bits per heavy atom. The van der Waals surface area contributed by atoms with Gasteiger partial charge in [0.15, 0.2) is 0 Å². The summed E-state index contributed by atoms with van der Waals surface area (Å²) in [5.41, 5.74) is 0.00545. The number of hydrogen-bond donors (Lipinski definition) is 2. The van der Waals surface area contributed by atoms with Crippen LogP contribution >= 0.6 is 0 Å². The SMILES string of the molecule is CC(=O)n1ccc2cc(S(=O)(=O)Nc3cccc(NC(=O)C(C)(C)CF)c3)ccc21. The van der Waals surface area contributed by atoms with Crippen LogP contribution < -0.4 is 10.0 Å². The molecule has 0 spiro atoms. The van der Waals surface area contributed by atoms with Gasteiger partial charge < -0.3 is 5.32 Å². The third kappa shape index (κ3) is 4.35. The Balaban J connectivity index is 1.84. The molecule has 1 heterocycles. The molecule has 0 aliphatic rings. The average Bonchev–Trinajstić information content (AvgIpc) is 3.11. The lowest BCUT2D eigenvalue weighted by molar-refractivity contribution is -0.124. The van der Waals surface area contributed by atoms with Gasteiger partial charge in [0, 0.05) is 24.2 Å². The molecule has 0 unspecified atom stereocenters. The molecule has 30 heavy (non-hydrogen) atoms. The van der Waals surface area contributed by atoms with Gasteiger partial charge in [-0.05, 0) is 56.3 Å². The molecule has 0 aliphatic heterocycles. The zero-order chi connectivity index (χ0) is 22.1. The van der Waals surface area contributed by atoms with E-state index in [1.165, 1.54) is 49.6 Å². The lowest BCUT2D eigenvalue weighted by Gasteiger charge is -2.19. The molecule has 9 heteroatoms. The fraction of sp³-hybridized carbons (Fsp3) is 0.238. The van der Waals surface area contributed by atoms with Crippen molar-refractivity contribution in [1.82, 2.24) is 4.57 Å². The number of sulfonamides is 1. The quantitative estimate of drug-likeness (QED) is 0.616. The number of halogens is 1. The Hall–Kier alpha value is -3.20. The highest BCUT2D eigenvalue weighted by molar-refractivity contribution is 7.92. The van der Waals surface area contributed by atoms with E-state index in [0.29, 0.717) is 16.6 Å². The molecule has 1 amide bonds. The van der Waals surface area contributed by atoms with Gasteiger partial charge in [0.25, 0.3) is 10.0 Å². The van der Waals surface area contributed by atoms with E-state index in [9.17, 15) is 22.4 Å². The normalized spacial score (nSPS) is 12.0. The highest BCUT2D eigenvalue weighted by Crippen LogP contribution is 2.25. The highest BCUT2D eigenvalue weighted by atomic mass is 32.2. The molecule has 2 N–H and O–H groups in total. The summed E-state index contributed by atoms with van der Waals surface area (Å²) in [6, 6.07) is 12.3. The van der Waals surface area contributed by atoms with Crippen LogP contribution in [0, 0.1) is 5.41 Å². The summed E-state index contributed by atoms with van der Waals surface area (Å²) in [4.78, 5) is 23.8. The van der Waals surface area contributed by atoms with E-state index < -0.39 is 28.0 Å². The standard InChI is InChI=1S/C21H22FN3O4S/c1-14(26)25-10-9-15-11-18(7-8-19(15)25)30(28,29)24-17-6-4-5-16(12-17)23-20(27)21(2,3)13-22/h4-12,24H,13H2,1-3H3,(H,23,27). The van der Waals surface area contributed by atoms with E-state index in [1.807, 2.05) is 0 Å². The zero-order valence-electron chi connectivity index (χ0n) is 16.8. The lowest BCUT2D eigenvalue weighted by atomic mass is 9.94. The number of carbonyl (C=O) groups excluding carboxylic acids is 2. The minimum atomic E-state index is -3.91. The van der Waals surface area contributed by atoms with Crippen LogP contribution in [0.4, 0.5) is 15.8 Å². The monoisotopic (exact) mass is 431 g/mol.